The summed E-state index contributed by atoms with van der Waals surface area (Å²) in [5.41, 5.74) is 3.47. The molecule has 0 saturated carbocycles. The Hall–Kier alpha value is -2.75. The van der Waals surface area contributed by atoms with E-state index in [0.29, 0.717) is 11.4 Å². The van der Waals surface area contributed by atoms with Crippen LogP contribution in [0, 0.1) is 5.92 Å². The Morgan fingerprint density at radius 1 is 1.04 bits per heavy atom. The minimum Gasteiger partial charge on any atom is -0.298 e. The molecule has 0 N–H and O–H groups in total. The SMILES string of the molecule is CCCCCc1cccc(CC(=O)C2C(=O)N(c3ccccc3)N=C2C)c1. The summed E-state index contributed by atoms with van der Waals surface area (Å²) in [6.07, 6.45) is 4.85. The molecule has 0 saturated heterocycles. The van der Waals surface area contributed by atoms with Gasteiger partial charge >= 0.3 is 0 Å². The van der Waals surface area contributed by atoms with E-state index in [0.717, 1.165) is 18.4 Å². The number of carbonyl (C=O) groups is 2. The zero-order chi connectivity index (χ0) is 19.2. The van der Waals surface area contributed by atoms with Crippen LogP contribution in [0.15, 0.2) is 59.7 Å². The summed E-state index contributed by atoms with van der Waals surface area (Å²) in [5, 5.41) is 5.68. The number of unbranched alkanes of at least 4 members (excludes halogenated alkanes) is 2. The van der Waals surface area contributed by atoms with E-state index >= 15 is 0 Å². The fourth-order valence-corrected chi connectivity index (χ4v) is 3.47. The van der Waals surface area contributed by atoms with Crippen LogP contribution in [-0.2, 0) is 22.4 Å². The molecule has 4 nitrogen and oxygen atoms in total. The Kier molecular flexibility index (Phi) is 6.17. The van der Waals surface area contributed by atoms with Gasteiger partial charge in [0.15, 0.2) is 5.78 Å². The topological polar surface area (TPSA) is 49.7 Å². The Bertz CT molecular complexity index is 842. The first-order valence-electron chi connectivity index (χ1n) is 9.64. The van der Waals surface area contributed by atoms with Gasteiger partial charge in [-0.3, -0.25) is 9.59 Å². The van der Waals surface area contributed by atoms with E-state index in [1.165, 1.54) is 23.4 Å². The lowest BCUT2D eigenvalue weighted by atomic mass is 9.93. The molecule has 0 bridgehead atoms. The van der Waals surface area contributed by atoms with E-state index in [2.05, 4.69) is 24.2 Å². The van der Waals surface area contributed by atoms with Gasteiger partial charge in [0.1, 0.15) is 5.92 Å². The zero-order valence-electron chi connectivity index (χ0n) is 16.0. The lowest BCUT2D eigenvalue weighted by Gasteiger charge is -2.14. The summed E-state index contributed by atoms with van der Waals surface area (Å²) in [7, 11) is 0. The zero-order valence-corrected chi connectivity index (χ0v) is 16.0. The number of Topliss-reactive ketones (excluding diaryl/α,β-unsaturated/α-hetero) is 1. The summed E-state index contributed by atoms with van der Waals surface area (Å²) in [4.78, 5) is 25.6. The Morgan fingerprint density at radius 3 is 2.52 bits per heavy atom. The minimum atomic E-state index is -0.783. The first-order chi connectivity index (χ1) is 13.1. The van der Waals surface area contributed by atoms with Crippen LogP contribution in [0.2, 0.25) is 0 Å². The molecule has 0 fully saturated rings. The number of amides is 1. The molecule has 1 unspecified atom stereocenters. The van der Waals surface area contributed by atoms with Gasteiger partial charge in [-0.2, -0.15) is 10.1 Å². The Morgan fingerprint density at radius 2 is 1.78 bits per heavy atom. The number of rotatable bonds is 8. The van der Waals surface area contributed by atoms with Crippen molar-refractivity contribution in [3.8, 4) is 0 Å². The standard InChI is InChI=1S/C23H26N2O2/c1-3-4-6-10-18-11-9-12-19(15-18)16-21(26)22-17(2)24-25(23(22)27)20-13-7-5-8-14-20/h5,7-9,11-15,22H,3-4,6,10,16H2,1-2H3. The first-order valence-corrected chi connectivity index (χ1v) is 9.64. The van der Waals surface area contributed by atoms with Crippen molar-refractivity contribution in [3.05, 3.63) is 65.7 Å². The van der Waals surface area contributed by atoms with Crippen LogP contribution in [-0.4, -0.2) is 17.4 Å². The number of anilines is 1. The van der Waals surface area contributed by atoms with Crippen LogP contribution >= 0.6 is 0 Å². The van der Waals surface area contributed by atoms with Crippen LogP contribution in [0.25, 0.3) is 0 Å². The molecular weight excluding hydrogens is 336 g/mol. The number of ketones is 1. The monoisotopic (exact) mass is 362 g/mol. The molecule has 27 heavy (non-hydrogen) atoms. The predicted molar refractivity (Wildman–Crippen MR) is 109 cm³/mol. The van der Waals surface area contributed by atoms with Gasteiger partial charge in [-0.15, -0.1) is 0 Å². The number of hydrogen-bond acceptors (Lipinski definition) is 3. The fourth-order valence-electron chi connectivity index (χ4n) is 3.47. The number of para-hydroxylation sites is 1. The smallest absolute Gasteiger partial charge is 0.263 e. The van der Waals surface area contributed by atoms with Crippen LogP contribution in [0.5, 0.6) is 0 Å². The van der Waals surface area contributed by atoms with Gasteiger partial charge in [-0.1, -0.05) is 62.2 Å². The van der Waals surface area contributed by atoms with Crippen molar-refractivity contribution < 1.29 is 9.59 Å². The number of hydrogen-bond donors (Lipinski definition) is 0. The van der Waals surface area contributed by atoms with Crippen LogP contribution in [0.4, 0.5) is 5.69 Å². The maximum Gasteiger partial charge on any atom is 0.263 e. The van der Waals surface area contributed by atoms with Crippen molar-refractivity contribution in [2.24, 2.45) is 11.0 Å². The second-order valence-corrected chi connectivity index (χ2v) is 7.08. The highest BCUT2D eigenvalue weighted by molar-refractivity contribution is 6.27. The highest BCUT2D eigenvalue weighted by atomic mass is 16.2. The van der Waals surface area contributed by atoms with Gasteiger partial charge in [-0.25, -0.2) is 0 Å². The van der Waals surface area contributed by atoms with Crippen molar-refractivity contribution >= 4 is 23.1 Å². The molecule has 1 heterocycles. The number of benzene rings is 2. The fraction of sp³-hybridized carbons (Fsp3) is 0.348. The van der Waals surface area contributed by atoms with Crippen LogP contribution in [0.3, 0.4) is 0 Å². The normalized spacial score (nSPS) is 16.5. The lowest BCUT2D eigenvalue weighted by Crippen LogP contribution is -2.33. The summed E-state index contributed by atoms with van der Waals surface area (Å²) < 4.78 is 0. The number of aryl methyl sites for hydroxylation is 1. The van der Waals surface area contributed by atoms with Gasteiger partial charge < -0.3 is 0 Å². The molecule has 1 atom stereocenters. The van der Waals surface area contributed by atoms with Gasteiger partial charge in [-0.05, 0) is 43.0 Å². The van der Waals surface area contributed by atoms with Gasteiger partial charge in [0.2, 0.25) is 0 Å². The van der Waals surface area contributed by atoms with Crippen molar-refractivity contribution in [1.82, 2.24) is 0 Å². The van der Waals surface area contributed by atoms with Gasteiger partial charge in [0.05, 0.1) is 11.4 Å². The Labute approximate surface area is 160 Å². The van der Waals surface area contributed by atoms with E-state index in [9.17, 15) is 9.59 Å². The number of hydrazone groups is 1. The first kappa shape index (κ1) is 19.0. The number of carbonyl (C=O) groups excluding carboxylic acids is 2. The second-order valence-electron chi connectivity index (χ2n) is 7.08. The molecule has 2 aromatic carbocycles. The van der Waals surface area contributed by atoms with E-state index in [1.54, 1.807) is 6.92 Å². The van der Waals surface area contributed by atoms with Crippen LogP contribution in [0.1, 0.15) is 44.2 Å². The maximum absolute atomic E-state index is 12.9. The highest BCUT2D eigenvalue weighted by Crippen LogP contribution is 2.25. The Balaban J connectivity index is 1.69. The quantitative estimate of drug-likeness (QED) is 0.510. The third-order valence-electron chi connectivity index (χ3n) is 4.89. The molecule has 0 spiro atoms. The van der Waals surface area contributed by atoms with E-state index in [1.807, 2.05) is 42.5 Å². The predicted octanol–water partition coefficient (Wildman–Crippen LogP) is 4.57. The molecule has 0 aliphatic carbocycles. The maximum atomic E-state index is 12.9. The van der Waals surface area contributed by atoms with Crippen molar-refractivity contribution in [2.45, 2.75) is 46.0 Å². The molecular formula is C23H26N2O2. The number of nitrogens with zero attached hydrogens (tertiary/aromatic N) is 2. The highest BCUT2D eigenvalue weighted by Gasteiger charge is 2.39. The summed E-state index contributed by atoms with van der Waals surface area (Å²) >= 11 is 0. The van der Waals surface area contributed by atoms with E-state index in [-0.39, 0.29) is 18.1 Å². The van der Waals surface area contributed by atoms with Gasteiger partial charge in [0.25, 0.3) is 5.91 Å². The van der Waals surface area contributed by atoms with Crippen molar-refractivity contribution in [1.29, 1.82) is 0 Å². The van der Waals surface area contributed by atoms with Crippen molar-refractivity contribution in [2.75, 3.05) is 5.01 Å². The third kappa shape index (κ3) is 4.51. The third-order valence-corrected chi connectivity index (χ3v) is 4.89. The van der Waals surface area contributed by atoms with Gasteiger partial charge in [0, 0.05) is 6.42 Å². The summed E-state index contributed by atoms with van der Waals surface area (Å²) in [6, 6.07) is 17.4. The molecule has 3 rings (SSSR count). The molecule has 1 aliphatic rings. The average Bonchev–Trinajstić information content (AvgIpc) is 2.97. The molecule has 0 radical (unpaired) electrons. The summed E-state index contributed by atoms with van der Waals surface area (Å²) in [5.74, 6) is -1.14. The molecule has 1 aliphatic heterocycles. The van der Waals surface area contributed by atoms with E-state index < -0.39 is 5.92 Å². The molecule has 2 aromatic rings. The average molecular weight is 362 g/mol. The summed E-state index contributed by atoms with van der Waals surface area (Å²) in [6.45, 7) is 3.95. The van der Waals surface area contributed by atoms with Crippen molar-refractivity contribution in [3.63, 3.8) is 0 Å². The molecule has 1 amide bonds. The van der Waals surface area contributed by atoms with Crippen LogP contribution < -0.4 is 5.01 Å². The molecule has 4 heteroatoms. The lowest BCUT2D eigenvalue weighted by molar-refractivity contribution is -0.128. The van der Waals surface area contributed by atoms with E-state index in [4.69, 9.17) is 0 Å². The minimum absolute atomic E-state index is 0.0922. The second kappa shape index (κ2) is 8.76. The molecule has 0 aromatic heterocycles. The molecule has 140 valence electrons. The largest absolute Gasteiger partial charge is 0.298 e.